The number of rotatable bonds is 3. The lowest BCUT2D eigenvalue weighted by atomic mass is 10.2. The predicted octanol–water partition coefficient (Wildman–Crippen LogP) is 1.19. The van der Waals surface area contributed by atoms with E-state index >= 15 is 0 Å². The van der Waals surface area contributed by atoms with Gasteiger partial charge in [-0.15, -0.1) is 0 Å². The number of carbonyl (C=O) groups excluding carboxylic acids is 2. The van der Waals surface area contributed by atoms with Gasteiger partial charge in [-0.25, -0.2) is 4.79 Å². The van der Waals surface area contributed by atoms with Gasteiger partial charge in [0.05, 0.1) is 7.11 Å². The normalized spacial score (nSPS) is 20.5. The summed E-state index contributed by atoms with van der Waals surface area (Å²) >= 11 is 6.38. The van der Waals surface area contributed by atoms with Gasteiger partial charge in [0, 0.05) is 12.2 Å². The summed E-state index contributed by atoms with van der Waals surface area (Å²) in [6.45, 7) is 1.91. The number of hydrogen-bond donors (Lipinski definition) is 0. The maximum atomic E-state index is 11.7. The van der Waals surface area contributed by atoms with Crippen molar-refractivity contribution in [2.45, 2.75) is 25.8 Å². The van der Waals surface area contributed by atoms with Crippen molar-refractivity contribution in [3.05, 3.63) is 0 Å². The van der Waals surface area contributed by atoms with Crippen molar-refractivity contribution in [3.63, 3.8) is 0 Å². The van der Waals surface area contributed by atoms with Crippen LogP contribution in [0.5, 0.6) is 0 Å². The van der Waals surface area contributed by atoms with Gasteiger partial charge in [0.25, 0.3) is 0 Å². The second-order valence-corrected chi connectivity index (χ2v) is 4.78. The Labute approximate surface area is 98.3 Å². The molecule has 1 amide bonds. The molecule has 0 unspecified atom stereocenters. The van der Waals surface area contributed by atoms with E-state index in [0.29, 0.717) is 16.5 Å². The van der Waals surface area contributed by atoms with Crippen LogP contribution in [0.25, 0.3) is 0 Å². The Balaban J connectivity index is 2.77. The van der Waals surface area contributed by atoms with E-state index in [1.807, 2.05) is 6.92 Å². The fourth-order valence-corrected chi connectivity index (χ4v) is 2.73. The van der Waals surface area contributed by atoms with Gasteiger partial charge in [-0.1, -0.05) is 30.9 Å². The third kappa shape index (κ3) is 2.69. The molecule has 1 aliphatic rings. The first kappa shape index (κ1) is 12.4. The first-order valence-corrected chi connectivity index (χ1v) is 6.07. The molecule has 0 spiro atoms. The summed E-state index contributed by atoms with van der Waals surface area (Å²) in [6, 6.07) is -0.536. The first-order valence-electron chi connectivity index (χ1n) is 4.68. The van der Waals surface area contributed by atoms with Crippen molar-refractivity contribution in [2.24, 2.45) is 0 Å². The van der Waals surface area contributed by atoms with Gasteiger partial charge in [0.15, 0.2) is 0 Å². The number of thioether (sulfide) groups is 1. The second kappa shape index (κ2) is 5.46. The number of ether oxygens (including phenoxy) is 1. The summed E-state index contributed by atoms with van der Waals surface area (Å²) in [7, 11) is 1.32. The van der Waals surface area contributed by atoms with Crippen molar-refractivity contribution < 1.29 is 14.3 Å². The highest BCUT2D eigenvalue weighted by Gasteiger charge is 2.38. The van der Waals surface area contributed by atoms with Crippen LogP contribution in [-0.4, -0.2) is 40.0 Å². The summed E-state index contributed by atoms with van der Waals surface area (Å²) in [5, 5.41) is 0. The summed E-state index contributed by atoms with van der Waals surface area (Å²) < 4.78 is 5.11. The van der Waals surface area contributed by atoms with E-state index < -0.39 is 12.0 Å². The minimum Gasteiger partial charge on any atom is -0.467 e. The highest BCUT2D eigenvalue weighted by molar-refractivity contribution is 8.23. The summed E-state index contributed by atoms with van der Waals surface area (Å²) in [4.78, 5) is 24.5. The molecule has 1 fully saturated rings. The van der Waals surface area contributed by atoms with Crippen LogP contribution in [-0.2, 0) is 14.3 Å². The zero-order valence-electron chi connectivity index (χ0n) is 8.69. The zero-order valence-corrected chi connectivity index (χ0v) is 10.3. The Kier molecular flexibility index (Phi) is 4.53. The molecule has 1 aliphatic heterocycles. The van der Waals surface area contributed by atoms with Crippen LogP contribution in [0.3, 0.4) is 0 Å². The second-order valence-electron chi connectivity index (χ2n) is 3.13. The third-order valence-corrected chi connectivity index (χ3v) is 3.56. The molecule has 1 saturated heterocycles. The Bertz CT molecular complexity index is 293. The molecule has 0 bridgehead atoms. The van der Waals surface area contributed by atoms with Crippen LogP contribution >= 0.6 is 24.0 Å². The number of carbonyl (C=O) groups is 2. The lowest BCUT2D eigenvalue weighted by Gasteiger charge is -2.21. The molecule has 1 rings (SSSR count). The SMILES string of the molecule is CCCC(=O)N1C(=S)SC[C@H]1C(=O)OC. The van der Waals surface area contributed by atoms with E-state index in [1.54, 1.807) is 0 Å². The maximum Gasteiger partial charge on any atom is 0.329 e. The Morgan fingerprint density at radius 1 is 1.67 bits per heavy atom. The molecule has 0 aromatic carbocycles. The molecule has 0 aliphatic carbocycles. The van der Waals surface area contributed by atoms with Gasteiger partial charge in [-0.3, -0.25) is 9.69 Å². The van der Waals surface area contributed by atoms with Gasteiger partial charge in [-0.05, 0) is 6.42 Å². The Morgan fingerprint density at radius 2 is 2.33 bits per heavy atom. The van der Waals surface area contributed by atoms with Crippen LogP contribution < -0.4 is 0 Å². The fourth-order valence-electron chi connectivity index (χ4n) is 1.34. The van der Waals surface area contributed by atoms with Crippen molar-refractivity contribution in [1.29, 1.82) is 0 Å². The lowest BCUT2D eigenvalue weighted by Crippen LogP contribution is -2.43. The number of amides is 1. The van der Waals surface area contributed by atoms with Crippen LogP contribution in [0, 0.1) is 0 Å². The monoisotopic (exact) mass is 247 g/mol. The van der Waals surface area contributed by atoms with Crippen LogP contribution in [0.2, 0.25) is 0 Å². The van der Waals surface area contributed by atoms with Gasteiger partial charge in [0.2, 0.25) is 5.91 Å². The molecule has 0 saturated carbocycles. The lowest BCUT2D eigenvalue weighted by molar-refractivity contribution is -0.148. The van der Waals surface area contributed by atoms with E-state index in [1.165, 1.54) is 23.8 Å². The molecule has 0 radical (unpaired) electrons. The Morgan fingerprint density at radius 3 is 2.87 bits per heavy atom. The van der Waals surface area contributed by atoms with E-state index in [4.69, 9.17) is 12.2 Å². The molecular weight excluding hydrogens is 234 g/mol. The summed E-state index contributed by atoms with van der Waals surface area (Å²) in [5.74, 6) is 0.00994. The quantitative estimate of drug-likeness (QED) is 0.554. The highest BCUT2D eigenvalue weighted by Crippen LogP contribution is 2.26. The largest absolute Gasteiger partial charge is 0.467 e. The summed E-state index contributed by atoms with van der Waals surface area (Å²) in [6.07, 6.45) is 1.16. The highest BCUT2D eigenvalue weighted by atomic mass is 32.2. The molecule has 1 heterocycles. The van der Waals surface area contributed by atoms with Gasteiger partial charge >= 0.3 is 5.97 Å². The van der Waals surface area contributed by atoms with Crippen LogP contribution in [0.4, 0.5) is 0 Å². The van der Waals surface area contributed by atoms with E-state index in [9.17, 15) is 9.59 Å². The van der Waals surface area contributed by atoms with E-state index in [-0.39, 0.29) is 5.91 Å². The van der Waals surface area contributed by atoms with Crippen molar-refractivity contribution in [3.8, 4) is 0 Å². The van der Waals surface area contributed by atoms with Crippen molar-refractivity contribution in [1.82, 2.24) is 4.90 Å². The van der Waals surface area contributed by atoms with Gasteiger partial charge in [0.1, 0.15) is 10.4 Å². The molecule has 1 atom stereocenters. The zero-order chi connectivity index (χ0) is 11.4. The standard InChI is InChI=1S/C9H13NO3S2/c1-3-4-7(11)10-6(8(12)13-2)5-15-9(10)14/h6H,3-5H2,1-2H3/t6-/m0/s1. The minimum atomic E-state index is -0.536. The number of esters is 1. The molecule has 6 heteroatoms. The van der Waals surface area contributed by atoms with Crippen LogP contribution in [0.15, 0.2) is 0 Å². The molecule has 0 aromatic rings. The van der Waals surface area contributed by atoms with Gasteiger partial charge in [-0.2, -0.15) is 0 Å². The third-order valence-electron chi connectivity index (χ3n) is 2.08. The van der Waals surface area contributed by atoms with E-state index in [0.717, 1.165) is 6.42 Å². The molecule has 0 N–H and O–H groups in total. The maximum absolute atomic E-state index is 11.7. The average Bonchev–Trinajstić information content (AvgIpc) is 2.59. The van der Waals surface area contributed by atoms with E-state index in [2.05, 4.69) is 4.74 Å². The predicted molar refractivity (Wildman–Crippen MR) is 62.6 cm³/mol. The molecule has 84 valence electrons. The number of thiocarbonyl (C=S) groups is 1. The van der Waals surface area contributed by atoms with Crippen molar-refractivity contribution >= 4 is 40.2 Å². The fraction of sp³-hybridized carbons (Fsp3) is 0.667. The average molecular weight is 247 g/mol. The number of nitrogens with zero attached hydrogens (tertiary/aromatic N) is 1. The molecule has 0 aromatic heterocycles. The topological polar surface area (TPSA) is 46.6 Å². The molecule has 15 heavy (non-hydrogen) atoms. The van der Waals surface area contributed by atoms with Gasteiger partial charge < -0.3 is 4.74 Å². The summed E-state index contributed by atoms with van der Waals surface area (Å²) in [5.41, 5.74) is 0. The van der Waals surface area contributed by atoms with Crippen LogP contribution in [0.1, 0.15) is 19.8 Å². The molecular formula is C9H13NO3S2. The first-order chi connectivity index (χ1) is 7.11. The number of methoxy groups -OCH3 is 1. The number of hydrogen-bond acceptors (Lipinski definition) is 5. The molecule has 4 nitrogen and oxygen atoms in total. The van der Waals surface area contributed by atoms with Crippen molar-refractivity contribution in [2.75, 3.05) is 12.9 Å². The smallest absolute Gasteiger partial charge is 0.329 e. The minimum absolute atomic E-state index is 0.0945. The Hall–Kier alpha value is -0.620.